The van der Waals surface area contributed by atoms with Crippen LogP contribution in [0.5, 0.6) is 0 Å². The highest BCUT2D eigenvalue weighted by atomic mass is 16.1. The molecule has 3 rings (SSSR count). The second kappa shape index (κ2) is 9.38. The molecular formula is C22H28N2O. The Balaban J connectivity index is 1.51. The molecule has 1 aliphatic heterocycles. The first-order valence-corrected chi connectivity index (χ1v) is 9.40. The minimum atomic E-state index is 0.187. The van der Waals surface area contributed by atoms with Crippen LogP contribution in [0.4, 0.5) is 0 Å². The van der Waals surface area contributed by atoms with Crippen LogP contribution in [0.2, 0.25) is 0 Å². The molecule has 0 bridgehead atoms. The van der Waals surface area contributed by atoms with Gasteiger partial charge in [0.05, 0.1) is 0 Å². The fourth-order valence-electron chi connectivity index (χ4n) is 3.64. The predicted octanol–water partition coefficient (Wildman–Crippen LogP) is 3.71. The van der Waals surface area contributed by atoms with Gasteiger partial charge in [-0.15, -0.1) is 0 Å². The number of hydrogen-bond donors (Lipinski definition) is 2. The highest BCUT2D eigenvalue weighted by molar-refractivity contribution is 5.75. The van der Waals surface area contributed by atoms with E-state index in [4.69, 9.17) is 0 Å². The van der Waals surface area contributed by atoms with Crippen molar-refractivity contribution in [1.29, 1.82) is 0 Å². The van der Waals surface area contributed by atoms with Gasteiger partial charge in [0, 0.05) is 18.9 Å². The van der Waals surface area contributed by atoms with Gasteiger partial charge in [-0.2, -0.15) is 0 Å². The summed E-state index contributed by atoms with van der Waals surface area (Å²) in [6, 6.07) is 21.1. The number of carbonyl (C=O) groups excluding carboxylic acids is 1. The van der Waals surface area contributed by atoms with E-state index in [1.54, 1.807) is 0 Å². The van der Waals surface area contributed by atoms with Crippen LogP contribution in [0.15, 0.2) is 60.7 Å². The summed E-state index contributed by atoms with van der Waals surface area (Å²) in [5, 5.41) is 6.48. The first-order valence-electron chi connectivity index (χ1n) is 9.40. The van der Waals surface area contributed by atoms with Crippen molar-refractivity contribution in [2.45, 2.75) is 31.6 Å². The average Bonchev–Trinajstić information content (AvgIpc) is 3.19. The molecule has 0 radical (unpaired) electrons. The van der Waals surface area contributed by atoms with Crippen LogP contribution in [0.3, 0.4) is 0 Å². The normalized spacial score (nSPS) is 16.9. The molecule has 0 spiro atoms. The first-order chi connectivity index (χ1) is 12.3. The lowest BCUT2D eigenvalue weighted by atomic mass is 9.88. The van der Waals surface area contributed by atoms with Crippen molar-refractivity contribution in [1.82, 2.24) is 10.6 Å². The molecule has 25 heavy (non-hydrogen) atoms. The number of amides is 1. The van der Waals surface area contributed by atoms with Crippen LogP contribution in [0.1, 0.15) is 42.7 Å². The topological polar surface area (TPSA) is 41.1 Å². The Morgan fingerprint density at radius 3 is 2.24 bits per heavy atom. The molecule has 132 valence electrons. The number of carbonyl (C=O) groups is 1. The average molecular weight is 336 g/mol. The molecule has 2 N–H and O–H groups in total. The minimum absolute atomic E-state index is 0.187. The summed E-state index contributed by atoms with van der Waals surface area (Å²) in [4.78, 5) is 12.1. The lowest BCUT2D eigenvalue weighted by molar-refractivity contribution is -0.121. The highest BCUT2D eigenvalue weighted by Gasteiger charge is 2.17. The van der Waals surface area contributed by atoms with Gasteiger partial charge >= 0.3 is 0 Å². The summed E-state index contributed by atoms with van der Waals surface area (Å²) in [6.45, 7) is 2.88. The number of hydrogen-bond acceptors (Lipinski definition) is 2. The van der Waals surface area contributed by atoms with E-state index < -0.39 is 0 Å². The van der Waals surface area contributed by atoms with Crippen LogP contribution in [0, 0.1) is 5.92 Å². The van der Waals surface area contributed by atoms with E-state index >= 15 is 0 Å². The Morgan fingerprint density at radius 2 is 1.68 bits per heavy atom. The van der Waals surface area contributed by atoms with Crippen LogP contribution in [-0.2, 0) is 4.79 Å². The molecule has 3 heteroatoms. The largest absolute Gasteiger partial charge is 0.356 e. The van der Waals surface area contributed by atoms with Crippen molar-refractivity contribution in [3.8, 4) is 0 Å². The van der Waals surface area contributed by atoms with Crippen LogP contribution >= 0.6 is 0 Å². The van der Waals surface area contributed by atoms with Gasteiger partial charge < -0.3 is 10.6 Å². The smallest absolute Gasteiger partial charge is 0.220 e. The monoisotopic (exact) mass is 336 g/mol. The molecule has 1 aliphatic rings. The van der Waals surface area contributed by atoms with E-state index in [2.05, 4.69) is 59.2 Å². The van der Waals surface area contributed by atoms with E-state index in [9.17, 15) is 4.79 Å². The Bertz CT molecular complexity index is 596. The van der Waals surface area contributed by atoms with Crippen molar-refractivity contribution in [3.63, 3.8) is 0 Å². The maximum absolute atomic E-state index is 12.1. The second-order valence-corrected chi connectivity index (χ2v) is 6.91. The van der Waals surface area contributed by atoms with Gasteiger partial charge in [-0.3, -0.25) is 4.79 Å². The Kier molecular flexibility index (Phi) is 6.63. The van der Waals surface area contributed by atoms with Gasteiger partial charge in [0.2, 0.25) is 5.91 Å². The van der Waals surface area contributed by atoms with E-state index in [1.165, 1.54) is 17.5 Å². The third kappa shape index (κ3) is 5.43. The Hall–Kier alpha value is -2.13. The maximum Gasteiger partial charge on any atom is 0.220 e. The zero-order valence-corrected chi connectivity index (χ0v) is 14.8. The van der Waals surface area contributed by atoms with Gasteiger partial charge in [0.15, 0.2) is 0 Å². The van der Waals surface area contributed by atoms with Gasteiger partial charge in [-0.1, -0.05) is 60.7 Å². The molecule has 0 aromatic heterocycles. The standard InChI is InChI=1S/C22H28N2O/c25-22(12-11-18-13-15-23-17-18)24-16-14-21(19-7-3-1-4-8-19)20-9-5-2-6-10-20/h1-10,18,21,23H,11-17H2,(H,24,25). The van der Waals surface area contributed by atoms with Crippen molar-refractivity contribution in [2.75, 3.05) is 19.6 Å². The number of rotatable bonds is 8. The summed E-state index contributed by atoms with van der Waals surface area (Å²) in [7, 11) is 0. The van der Waals surface area contributed by atoms with E-state index in [0.29, 0.717) is 18.3 Å². The molecule has 0 aliphatic carbocycles. The SMILES string of the molecule is O=C(CCC1CCNC1)NCCC(c1ccccc1)c1ccccc1. The van der Waals surface area contributed by atoms with Gasteiger partial charge in [0.25, 0.3) is 0 Å². The lowest BCUT2D eigenvalue weighted by Crippen LogP contribution is -2.26. The summed E-state index contributed by atoms with van der Waals surface area (Å²) in [5.74, 6) is 1.18. The minimum Gasteiger partial charge on any atom is -0.356 e. The lowest BCUT2D eigenvalue weighted by Gasteiger charge is -2.18. The van der Waals surface area contributed by atoms with Gasteiger partial charge in [-0.25, -0.2) is 0 Å². The summed E-state index contributed by atoms with van der Waals surface area (Å²) >= 11 is 0. The quantitative estimate of drug-likeness (QED) is 0.771. The predicted molar refractivity (Wildman–Crippen MR) is 103 cm³/mol. The first kappa shape index (κ1) is 17.7. The van der Waals surface area contributed by atoms with Crippen LogP contribution in [0.25, 0.3) is 0 Å². The Morgan fingerprint density at radius 1 is 1.04 bits per heavy atom. The summed E-state index contributed by atoms with van der Waals surface area (Å²) in [5.41, 5.74) is 2.61. The molecule has 0 saturated carbocycles. The third-order valence-corrected chi connectivity index (χ3v) is 5.10. The third-order valence-electron chi connectivity index (χ3n) is 5.10. The molecule has 1 amide bonds. The molecule has 1 unspecified atom stereocenters. The summed E-state index contributed by atoms with van der Waals surface area (Å²) in [6.07, 6.45) is 3.77. The molecule has 1 heterocycles. The van der Waals surface area contributed by atoms with Crippen LogP contribution in [-0.4, -0.2) is 25.5 Å². The molecule has 1 atom stereocenters. The maximum atomic E-state index is 12.1. The van der Waals surface area contributed by atoms with E-state index in [-0.39, 0.29) is 5.91 Å². The molecule has 3 nitrogen and oxygen atoms in total. The fourth-order valence-corrected chi connectivity index (χ4v) is 3.64. The fraction of sp³-hybridized carbons (Fsp3) is 0.409. The zero-order valence-electron chi connectivity index (χ0n) is 14.8. The molecule has 1 fully saturated rings. The van der Waals surface area contributed by atoms with Crippen molar-refractivity contribution >= 4 is 5.91 Å². The molecule has 1 saturated heterocycles. The molecule has 2 aromatic carbocycles. The zero-order chi connectivity index (χ0) is 17.3. The summed E-state index contributed by atoms with van der Waals surface area (Å²) < 4.78 is 0. The van der Waals surface area contributed by atoms with Crippen molar-refractivity contribution in [3.05, 3.63) is 71.8 Å². The number of benzene rings is 2. The molecule has 2 aromatic rings. The van der Waals surface area contributed by atoms with E-state index in [0.717, 1.165) is 32.5 Å². The second-order valence-electron chi connectivity index (χ2n) is 6.91. The number of nitrogens with one attached hydrogen (secondary N) is 2. The Labute approximate surface area is 150 Å². The highest BCUT2D eigenvalue weighted by Crippen LogP contribution is 2.27. The van der Waals surface area contributed by atoms with Crippen LogP contribution < -0.4 is 10.6 Å². The van der Waals surface area contributed by atoms with Gasteiger partial charge in [0.1, 0.15) is 0 Å². The van der Waals surface area contributed by atoms with Crippen molar-refractivity contribution in [2.24, 2.45) is 5.92 Å². The van der Waals surface area contributed by atoms with Crippen molar-refractivity contribution < 1.29 is 4.79 Å². The molecular weight excluding hydrogens is 308 g/mol. The van der Waals surface area contributed by atoms with E-state index in [1.807, 2.05) is 12.1 Å². The van der Waals surface area contributed by atoms with Gasteiger partial charge in [-0.05, 0) is 49.4 Å².